The number of hydrogen-bond acceptors (Lipinski definition) is 6. The average molecular weight is 521 g/mol. The molecule has 3 aromatic heterocycles. The number of thioether (sulfide) groups is 1. The molecule has 176 valence electrons. The maximum absolute atomic E-state index is 13.9. The van der Waals surface area contributed by atoms with Crippen LogP contribution in [0.2, 0.25) is 5.02 Å². The van der Waals surface area contributed by atoms with Gasteiger partial charge in [0, 0.05) is 15.5 Å². The van der Waals surface area contributed by atoms with Crippen LogP contribution in [0.15, 0.2) is 64.5 Å². The summed E-state index contributed by atoms with van der Waals surface area (Å²) in [5, 5.41) is 10.8. The highest BCUT2D eigenvalue weighted by Crippen LogP contribution is 2.38. The summed E-state index contributed by atoms with van der Waals surface area (Å²) in [7, 11) is 0. The molecule has 2 aromatic carbocycles. The first-order valence-corrected chi connectivity index (χ1v) is 13.6. The molecule has 0 unspecified atom stereocenters. The Hall–Kier alpha value is -2.94. The quantitative estimate of drug-likeness (QED) is 0.215. The number of benzene rings is 2. The number of aryl methyl sites for hydroxylation is 1. The fourth-order valence-electron chi connectivity index (χ4n) is 4.65. The molecule has 0 N–H and O–H groups in total. The third-order valence-electron chi connectivity index (χ3n) is 6.44. The molecule has 1 atom stereocenters. The second kappa shape index (κ2) is 8.93. The fourth-order valence-corrected chi connectivity index (χ4v) is 7.17. The Bertz CT molecular complexity index is 1640. The van der Waals surface area contributed by atoms with Crippen LogP contribution < -0.4 is 5.56 Å². The lowest BCUT2D eigenvalue weighted by molar-refractivity contribution is 0.102. The van der Waals surface area contributed by atoms with Gasteiger partial charge in [0.2, 0.25) is 5.78 Å². The molecule has 6 nitrogen and oxygen atoms in total. The number of fused-ring (bicyclic) bond motifs is 5. The molecule has 0 spiro atoms. The molecular weight excluding hydrogens is 500 g/mol. The van der Waals surface area contributed by atoms with Gasteiger partial charge in [0.25, 0.3) is 5.56 Å². The zero-order valence-corrected chi connectivity index (χ0v) is 21.3. The van der Waals surface area contributed by atoms with E-state index in [9.17, 15) is 9.59 Å². The van der Waals surface area contributed by atoms with Gasteiger partial charge in [0.05, 0.1) is 16.8 Å². The summed E-state index contributed by atoms with van der Waals surface area (Å²) in [6.45, 7) is 2.26. The predicted molar refractivity (Wildman–Crippen MR) is 142 cm³/mol. The number of halogens is 1. The average Bonchev–Trinajstić information content (AvgIpc) is 3.45. The van der Waals surface area contributed by atoms with E-state index in [0.717, 1.165) is 40.7 Å². The van der Waals surface area contributed by atoms with Crippen LogP contribution in [0.5, 0.6) is 0 Å². The van der Waals surface area contributed by atoms with Gasteiger partial charge in [-0.1, -0.05) is 48.5 Å². The smallest absolute Gasteiger partial charge is 0.268 e. The Kier molecular flexibility index (Phi) is 5.75. The van der Waals surface area contributed by atoms with Gasteiger partial charge in [0.1, 0.15) is 4.83 Å². The van der Waals surface area contributed by atoms with E-state index in [2.05, 4.69) is 17.1 Å². The van der Waals surface area contributed by atoms with Crippen LogP contribution in [-0.2, 0) is 12.8 Å². The molecule has 0 fully saturated rings. The minimum Gasteiger partial charge on any atom is -0.293 e. The highest BCUT2D eigenvalue weighted by Gasteiger charge is 2.27. The van der Waals surface area contributed by atoms with Crippen LogP contribution in [0.25, 0.3) is 21.7 Å². The molecular formula is C26H21ClN4O2S2. The number of carbonyl (C=O) groups excluding carboxylic acids is 1. The first-order valence-electron chi connectivity index (χ1n) is 11.4. The van der Waals surface area contributed by atoms with E-state index in [1.54, 1.807) is 40.2 Å². The number of ketones is 1. The van der Waals surface area contributed by atoms with Gasteiger partial charge in [-0.15, -0.1) is 21.5 Å². The molecule has 0 amide bonds. The normalized spacial score (nSPS) is 15.5. The molecule has 3 heterocycles. The third kappa shape index (κ3) is 3.90. The van der Waals surface area contributed by atoms with Gasteiger partial charge in [-0.2, -0.15) is 0 Å². The zero-order chi connectivity index (χ0) is 24.1. The van der Waals surface area contributed by atoms with E-state index in [1.165, 1.54) is 16.6 Å². The van der Waals surface area contributed by atoms with Gasteiger partial charge in [-0.05, 0) is 67.1 Å². The van der Waals surface area contributed by atoms with Crippen molar-refractivity contribution in [3.05, 3.63) is 86.0 Å². The van der Waals surface area contributed by atoms with Crippen molar-refractivity contribution in [1.29, 1.82) is 0 Å². The summed E-state index contributed by atoms with van der Waals surface area (Å²) >= 11 is 8.95. The van der Waals surface area contributed by atoms with E-state index in [0.29, 0.717) is 27.4 Å². The number of para-hydroxylation sites is 1. The molecule has 0 bridgehead atoms. The molecule has 0 saturated carbocycles. The Morgan fingerprint density at radius 3 is 2.69 bits per heavy atom. The van der Waals surface area contributed by atoms with Crippen molar-refractivity contribution >= 4 is 56.5 Å². The number of carbonyl (C=O) groups is 1. The van der Waals surface area contributed by atoms with Crippen LogP contribution in [0.1, 0.15) is 34.1 Å². The van der Waals surface area contributed by atoms with Gasteiger partial charge in [-0.25, -0.2) is 8.97 Å². The maximum Gasteiger partial charge on any atom is 0.268 e. The second-order valence-electron chi connectivity index (χ2n) is 8.84. The zero-order valence-electron chi connectivity index (χ0n) is 18.9. The second-order valence-corrected chi connectivity index (χ2v) is 11.3. The van der Waals surface area contributed by atoms with Crippen molar-refractivity contribution in [3.63, 3.8) is 0 Å². The van der Waals surface area contributed by atoms with Crippen LogP contribution in [0.4, 0.5) is 0 Å². The lowest BCUT2D eigenvalue weighted by atomic mass is 9.89. The molecule has 1 aliphatic carbocycles. The molecule has 9 heteroatoms. The third-order valence-corrected chi connectivity index (χ3v) is 8.86. The Balaban J connectivity index is 1.52. The standard InChI is InChI=1S/C26H21ClN4O2S2/c1-15-7-12-19-21(13-15)35-24-22(19)23(33)30(18-5-3-2-4-6-18)25-28-29-26(31(24)25)34-14-20(32)16-8-10-17(27)11-9-16/h2-6,8-11,15H,7,12-14H2,1H3/t15-/m0/s1. The summed E-state index contributed by atoms with van der Waals surface area (Å²) in [5.41, 5.74) is 2.44. The summed E-state index contributed by atoms with van der Waals surface area (Å²) in [6, 6.07) is 16.4. The Morgan fingerprint density at radius 2 is 1.91 bits per heavy atom. The largest absolute Gasteiger partial charge is 0.293 e. The number of nitrogens with zero attached hydrogens (tertiary/aromatic N) is 4. The Morgan fingerprint density at radius 1 is 1.14 bits per heavy atom. The van der Waals surface area contributed by atoms with Gasteiger partial charge in [0.15, 0.2) is 10.9 Å². The van der Waals surface area contributed by atoms with E-state index in [4.69, 9.17) is 11.6 Å². The van der Waals surface area contributed by atoms with Crippen molar-refractivity contribution in [1.82, 2.24) is 19.2 Å². The topological polar surface area (TPSA) is 69.3 Å². The van der Waals surface area contributed by atoms with Crippen LogP contribution in [0, 0.1) is 5.92 Å². The molecule has 35 heavy (non-hydrogen) atoms. The first kappa shape index (κ1) is 22.5. The van der Waals surface area contributed by atoms with E-state index in [-0.39, 0.29) is 17.1 Å². The molecule has 0 saturated heterocycles. The fraction of sp³-hybridized carbons (Fsp3) is 0.231. The van der Waals surface area contributed by atoms with Crippen LogP contribution in [0.3, 0.4) is 0 Å². The first-order chi connectivity index (χ1) is 17.0. The SMILES string of the molecule is C[C@H]1CCc2c(sc3c2c(=O)n(-c2ccccc2)c2nnc(SCC(=O)c4ccc(Cl)cc4)n32)C1. The number of rotatable bonds is 5. The molecule has 0 radical (unpaired) electrons. The molecule has 6 rings (SSSR count). The molecule has 0 aliphatic heterocycles. The number of aromatic nitrogens is 4. The highest BCUT2D eigenvalue weighted by molar-refractivity contribution is 7.99. The van der Waals surface area contributed by atoms with Crippen molar-refractivity contribution in [3.8, 4) is 5.69 Å². The summed E-state index contributed by atoms with van der Waals surface area (Å²) in [4.78, 5) is 28.8. The van der Waals surface area contributed by atoms with Crippen molar-refractivity contribution in [2.45, 2.75) is 31.3 Å². The maximum atomic E-state index is 13.9. The minimum atomic E-state index is -0.0630. The van der Waals surface area contributed by atoms with Crippen molar-refractivity contribution in [2.24, 2.45) is 5.92 Å². The van der Waals surface area contributed by atoms with E-state index in [1.807, 2.05) is 34.7 Å². The minimum absolute atomic E-state index is 0.0182. The van der Waals surface area contributed by atoms with Crippen LogP contribution >= 0.6 is 34.7 Å². The highest BCUT2D eigenvalue weighted by atomic mass is 35.5. The van der Waals surface area contributed by atoms with Crippen LogP contribution in [-0.4, -0.2) is 30.7 Å². The lowest BCUT2D eigenvalue weighted by Gasteiger charge is -2.17. The number of thiophene rings is 1. The monoisotopic (exact) mass is 520 g/mol. The lowest BCUT2D eigenvalue weighted by Crippen LogP contribution is -2.22. The molecule has 1 aliphatic rings. The number of Topliss-reactive ketones (excluding diaryl/α,β-unsaturated/α-hetero) is 1. The summed E-state index contributed by atoms with van der Waals surface area (Å²) in [6.07, 6.45) is 2.94. The summed E-state index contributed by atoms with van der Waals surface area (Å²) < 4.78 is 3.60. The van der Waals surface area contributed by atoms with E-state index >= 15 is 0 Å². The van der Waals surface area contributed by atoms with Crippen molar-refractivity contribution < 1.29 is 4.79 Å². The number of hydrogen-bond donors (Lipinski definition) is 0. The van der Waals surface area contributed by atoms with Gasteiger partial charge in [-0.3, -0.25) is 9.59 Å². The van der Waals surface area contributed by atoms with Crippen molar-refractivity contribution in [2.75, 3.05) is 5.75 Å². The predicted octanol–water partition coefficient (Wildman–Crippen LogP) is 5.85. The molecule has 5 aromatic rings. The van der Waals surface area contributed by atoms with E-state index < -0.39 is 0 Å². The Labute approximate surface area is 214 Å². The van der Waals surface area contributed by atoms with Gasteiger partial charge < -0.3 is 0 Å². The van der Waals surface area contributed by atoms with Gasteiger partial charge >= 0.3 is 0 Å². The summed E-state index contributed by atoms with van der Waals surface area (Å²) in [5.74, 6) is 1.24.